The van der Waals surface area contributed by atoms with Crippen LogP contribution in [0.2, 0.25) is 5.02 Å². The van der Waals surface area contributed by atoms with Gasteiger partial charge in [-0.25, -0.2) is 4.79 Å². The summed E-state index contributed by atoms with van der Waals surface area (Å²) in [5.41, 5.74) is -0.958. The zero-order chi connectivity index (χ0) is 12.1. The Morgan fingerprint density at radius 3 is 2.88 bits per heavy atom. The third-order valence-corrected chi connectivity index (χ3v) is 2.49. The van der Waals surface area contributed by atoms with Crippen LogP contribution in [0.15, 0.2) is 15.8 Å². The predicted octanol–water partition coefficient (Wildman–Crippen LogP) is 0.436. The van der Waals surface area contributed by atoms with Gasteiger partial charge in [0, 0.05) is 12.7 Å². The lowest BCUT2D eigenvalue weighted by Crippen LogP contribution is -2.33. The predicted molar refractivity (Wildman–Crippen MR) is 64.0 cm³/mol. The molecule has 1 atom stereocenters. The first-order valence-electron chi connectivity index (χ1n) is 5.24. The molecular weight excluding hydrogens is 230 g/mol. The summed E-state index contributed by atoms with van der Waals surface area (Å²) in [5, 5.41) is 3.23. The van der Waals surface area contributed by atoms with E-state index in [2.05, 4.69) is 10.3 Å². The van der Waals surface area contributed by atoms with Crippen LogP contribution in [-0.2, 0) is 6.54 Å². The van der Waals surface area contributed by atoms with Crippen LogP contribution in [0.4, 0.5) is 0 Å². The van der Waals surface area contributed by atoms with Gasteiger partial charge >= 0.3 is 5.69 Å². The molecule has 0 aliphatic rings. The minimum atomic E-state index is -0.540. The van der Waals surface area contributed by atoms with Crippen LogP contribution in [0, 0.1) is 5.92 Å². The van der Waals surface area contributed by atoms with Crippen molar-refractivity contribution in [2.75, 3.05) is 13.1 Å². The van der Waals surface area contributed by atoms with E-state index in [9.17, 15) is 9.59 Å². The van der Waals surface area contributed by atoms with E-state index in [1.165, 1.54) is 10.8 Å². The summed E-state index contributed by atoms with van der Waals surface area (Å²) in [6.07, 6.45) is 1.38. The number of aromatic nitrogens is 2. The topological polar surface area (TPSA) is 66.9 Å². The maximum atomic E-state index is 11.4. The molecule has 0 fully saturated rings. The number of halogens is 1. The first-order valence-corrected chi connectivity index (χ1v) is 5.62. The van der Waals surface area contributed by atoms with Crippen LogP contribution in [0.1, 0.15) is 13.8 Å². The molecule has 1 rings (SSSR count). The molecule has 90 valence electrons. The van der Waals surface area contributed by atoms with E-state index in [0.29, 0.717) is 12.5 Å². The van der Waals surface area contributed by atoms with Crippen molar-refractivity contribution >= 4 is 11.6 Å². The lowest BCUT2D eigenvalue weighted by atomic mass is 10.2. The molecule has 6 heteroatoms. The molecule has 0 bridgehead atoms. The van der Waals surface area contributed by atoms with Crippen LogP contribution < -0.4 is 16.6 Å². The smallest absolute Gasteiger partial charge is 0.317 e. The van der Waals surface area contributed by atoms with Crippen LogP contribution >= 0.6 is 11.6 Å². The second-order valence-electron chi connectivity index (χ2n) is 3.80. The molecule has 0 saturated carbocycles. The van der Waals surface area contributed by atoms with Crippen LogP contribution in [0.5, 0.6) is 0 Å². The summed E-state index contributed by atoms with van der Waals surface area (Å²) in [6, 6.07) is 0. The molecule has 0 spiro atoms. The highest BCUT2D eigenvalue weighted by atomic mass is 35.5. The van der Waals surface area contributed by atoms with E-state index < -0.39 is 11.2 Å². The second-order valence-corrected chi connectivity index (χ2v) is 4.21. The zero-order valence-corrected chi connectivity index (χ0v) is 10.2. The van der Waals surface area contributed by atoms with E-state index in [1.54, 1.807) is 0 Å². The minimum Gasteiger partial charge on any atom is -0.317 e. The number of hydrogen-bond acceptors (Lipinski definition) is 3. The summed E-state index contributed by atoms with van der Waals surface area (Å²) in [4.78, 5) is 24.6. The van der Waals surface area contributed by atoms with Crippen molar-refractivity contribution in [3.05, 3.63) is 32.1 Å². The van der Waals surface area contributed by atoms with Gasteiger partial charge in [-0.1, -0.05) is 25.4 Å². The summed E-state index contributed by atoms with van der Waals surface area (Å²) in [6.45, 7) is 6.29. The SMILES string of the molecule is CCNCC(C)Cn1cc(Cl)c(=O)[nH]c1=O. The molecule has 5 nitrogen and oxygen atoms in total. The third kappa shape index (κ3) is 3.50. The molecule has 0 saturated heterocycles. The first kappa shape index (κ1) is 13.0. The Labute approximate surface area is 98.4 Å². The highest BCUT2D eigenvalue weighted by Crippen LogP contribution is 2.00. The van der Waals surface area contributed by atoms with Crippen LogP contribution in [0.25, 0.3) is 0 Å². The quantitative estimate of drug-likeness (QED) is 0.791. The molecule has 0 aromatic carbocycles. The van der Waals surface area contributed by atoms with Crippen molar-refractivity contribution in [2.24, 2.45) is 5.92 Å². The summed E-state index contributed by atoms with van der Waals surface area (Å²) >= 11 is 5.65. The molecular formula is C10H16ClN3O2. The van der Waals surface area contributed by atoms with E-state index >= 15 is 0 Å². The molecule has 0 amide bonds. The highest BCUT2D eigenvalue weighted by molar-refractivity contribution is 6.30. The molecule has 1 aromatic heterocycles. The molecule has 1 aromatic rings. The lowest BCUT2D eigenvalue weighted by molar-refractivity contribution is 0.439. The fourth-order valence-corrected chi connectivity index (χ4v) is 1.57. The van der Waals surface area contributed by atoms with E-state index in [0.717, 1.165) is 13.1 Å². The largest absolute Gasteiger partial charge is 0.328 e. The fraction of sp³-hybridized carbons (Fsp3) is 0.600. The van der Waals surface area contributed by atoms with Crippen molar-refractivity contribution < 1.29 is 0 Å². The number of rotatable bonds is 5. The average molecular weight is 246 g/mol. The number of nitrogens with zero attached hydrogens (tertiary/aromatic N) is 1. The number of nitrogens with one attached hydrogen (secondary N) is 2. The molecule has 16 heavy (non-hydrogen) atoms. The second kappa shape index (κ2) is 5.86. The van der Waals surface area contributed by atoms with Crippen molar-refractivity contribution in [2.45, 2.75) is 20.4 Å². The third-order valence-electron chi connectivity index (χ3n) is 2.22. The van der Waals surface area contributed by atoms with Gasteiger partial charge in [-0.3, -0.25) is 14.3 Å². The van der Waals surface area contributed by atoms with E-state index in [4.69, 9.17) is 11.6 Å². The Bertz CT molecular complexity index is 452. The van der Waals surface area contributed by atoms with Gasteiger partial charge in [-0.05, 0) is 19.0 Å². The highest BCUT2D eigenvalue weighted by Gasteiger charge is 2.06. The van der Waals surface area contributed by atoms with Crippen molar-refractivity contribution in [1.82, 2.24) is 14.9 Å². The van der Waals surface area contributed by atoms with Gasteiger partial charge in [-0.2, -0.15) is 0 Å². The van der Waals surface area contributed by atoms with Gasteiger partial charge in [0.05, 0.1) is 0 Å². The Morgan fingerprint density at radius 2 is 2.25 bits per heavy atom. The van der Waals surface area contributed by atoms with Gasteiger partial charge in [0.1, 0.15) is 5.02 Å². The Kier molecular flexibility index (Phi) is 4.76. The lowest BCUT2D eigenvalue weighted by Gasteiger charge is -2.13. The number of aromatic amines is 1. The molecule has 0 radical (unpaired) electrons. The zero-order valence-electron chi connectivity index (χ0n) is 9.42. The molecule has 2 N–H and O–H groups in total. The van der Waals surface area contributed by atoms with Gasteiger partial charge in [-0.15, -0.1) is 0 Å². The van der Waals surface area contributed by atoms with Gasteiger partial charge < -0.3 is 5.32 Å². The van der Waals surface area contributed by atoms with E-state index in [1.807, 2.05) is 13.8 Å². The summed E-state index contributed by atoms with van der Waals surface area (Å²) in [5.74, 6) is 0.291. The first-order chi connectivity index (χ1) is 7.54. The van der Waals surface area contributed by atoms with Crippen LogP contribution in [-0.4, -0.2) is 22.6 Å². The Hall–Kier alpha value is -1.07. The molecule has 1 heterocycles. The minimum absolute atomic E-state index is 0.0373. The molecule has 1 unspecified atom stereocenters. The number of H-pyrrole nitrogens is 1. The van der Waals surface area contributed by atoms with Crippen molar-refractivity contribution in [1.29, 1.82) is 0 Å². The van der Waals surface area contributed by atoms with Crippen molar-refractivity contribution in [3.8, 4) is 0 Å². The standard InChI is InChI=1S/C10H16ClN3O2/c1-3-12-4-7(2)5-14-6-8(11)9(15)13-10(14)16/h6-7,12H,3-5H2,1-2H3,(H,13,15,16). The average Bonchev–Trinajstić information content (AvgIpc) is 2.23. The van der Waals surface area contributed by atoms with Gasteiger partial charge in [0.25, 0.3) is 5.56 Å². The maximum Gasteiger partial charge on any atom is 0.328 e. The normalized spacial score (nSPS) is 12.7. The van der Waals surface area contributed by atoms with Gasteiger partial charge in [0.15, 0.2) is 0 Å². The molecule has 0 aliphatic carbocycles. The van der Waals surface area contributed by atoms with Crippen molar-refractivity contribution in [3.63, 3.8) is 0 Å². The molecule has 0 aliphatic heterocycles. The summed E-state index contributed by atoms with van der Waals surface area (Å²) < 4.78 is 1.42. The van der Waals surface area contributed by atoms with E-state index in [-0.39, 0.29) is 5.02 Å². The number of hydrogen-bond donors (Lipinski definition) is 2. The summed E-state index contributed by atoms with van der Waals surface area (Å²) in [7, 11) is 0. The van der Waals surface area contributed by atoms with Gasteiger partial charge in [0.2, 0.25) is 0 Å². The monoisotopic (exact) mass is 245 g/mol. The maximum absolute atomic E-state index is 11.4. The Balaban J connectivity index is 2.78. The van der Waals surface area contributed by atoms with Crippen LogP contribution in [0.3, 0.4) is 0 Å². The Morgan fingerprint density at radius 1 is 1.56 bits per heavy atom. The fourth-order valence-electron chi connectivity index (χ4n) is 1.41.